The first-order valence-corrected chi connectivity index (χ1v) is 8.44. The molecule has 6 nitrogen and oxygen atoms in total. The SMILES string of the molecule is O=C(O)C1(Cc2nn3c(C4CCC4)nnc3s2)CCCC1. The molecular formula is C14H18N4O2S. The second-order valence-corrected chi connectivity index (χ2v) is 7.39. The Hall–Kier alpha value is -1.50. The van der Waals surface area contributed by atoms with Gasteiger partial charge in [-0.2, -0.15) is 9.61 Å². The number of fused-ring (bicyclic) bond motifs is 1. The van der Waals surface area contributed by atoms with Gasteiger partial charge in [0, 0.05) is 12.3 Å². The fraction of sp³-hybridized carbons (Fsp3) is 0.714. The lowest BCUT2D eigenvalue weighted by atomic mass is 9.83. The van der Waals surface area contributed by atoms with Gasteiger partial charge in [0.1, 0.15) is 5.01 Å². The standard InChI is InChI=1S/C14H18N4O2S/c19-12(20)14(6-1-2-7-14)8-10-17-18-11(9-4-3-5-9)15-16-13(18)21-10/h9H,1-8H2,(H,19,20). The number of hydrogen-bond acceptors (Lipinski definition) is 5. The summed E-state index contributed by atoms with van der Waals surface area (Å²) in [5, 5.41) is 23.5. The van der Waals surface area contributed by atoms with Crippen molar-refractivity contribution < 1.29 is 9.90 Å². The van der Waals surface area contributed by atoms with E-state index in [2.05, 4.69) is 15.3 Å². The molecule has 0 saturated heterocycles. The predicted octanol–water partition coefficient (Wildman–Crippen LogP) is 2.64. The lowest BCUT2D eigenvalue weighted by Gasteiger charge is -2.23. The van der Waals surface area contributed by atoms with Gasteiger partial charge in [-0.3, -0.25) is 4.79 Å². The van der Waals surface area contributed by atoms with Crippen LogP contribution >= 0.6 is 11.3 Å². The maximum Gasteiger partial charge on any atom is 0.310 e. The summed E-state index contributed by atoms with van der Waals surface area (Å²) in [5.41, 5.74) is -0.611. The minimum absolute atomic E-state index is 0.481. The number of aliphatic carboxylic acids is 1. The van der Waals surface area contributed by atoms with Gasteiger partial charge in [0.25, 0.3) is 0 Å². The highest BCUT2D eigenvalue weighted by Gasteiger charge is 2.42. The zero-order chi connectivity index (χ0) is 14.4. The second kappa shape index (κ2) is 4.76. The van der Waals surface area contributed by atoms with Crippen LogP contribution in [0.5, 0.6) is 0 Å². The summed E-state index contributed by atoms with van der Waals surface area (Å²) in [6.07, 6.45) is 7.63. The molecule has 2 aromatic rings. The fourth-order valence-electron chi connectivity index (χ4n) is 3.47. The zero-order valence-corrected chi connectivity index (χ0v) is 12.6. The Morgan fingerprint density at radius 2 is 2.05 bits per heavy atom. The molecule has 0 bridgehead atoms. The van der Waals surface area contributed by atoms with Gasteiger partial charge in [-0.25, -0.2) is 0 Å². The summed E-state index contributed by atoms with van der Waals surface area (Å²) in [4.78, 5) is 12.5. The molecule has 0 aromatic carbocycles. The van der Waals surface area contributed by atoms with Gasteiger partial charge in [0.05, 0.1) is 5.41 Å². The number of hydrogen-bond donors (Lipinski definition) is 1. The van der Waals surface area contributed by atoms with E-state index < -0.39 is 11.4 Å². The molecule has 2 saturated carbocycles. The maximum absolute atomic E-state index is 11.7. The molecule has 0 spiro atoms. The molecule has 2 heterocycles. The Morgan fingerprint density at radius 3 is 2.67 bits per heavy atom. The molecule has 0 amide bonds. The minimum atomic E-state index is -0.676. The second-order valence-electron chi connectivity index (χ2n) is 6.35. The van der Waals surface area contributed by atoms with E-state index in [0.29, 0.717) is 12.3 Å². The molecule has 0 atom stereocenters. The molecule has 2 aliphatic rings. The summed E-state index contributed by atoms with van der Waals surface area (Å²) in [7, 11) is 0. The van der Waals surface area contributed by atoms with Crippen LogP contribution in [0, 0.1) is 5.41 Å². The molecule has 112 valence electrons. The van der Waals surface area contributed by atoms with E-state index in [4.69, 9.17) is 0 Å². The van der Waals surface area contributed by atoms with Gasteiger partial charge in [-0.15, -0.1) is 10.2 Å². The first kappa shape index (κ1) is 13.2. The van der Waals surface area contributed by atoms with Gasteiger partial charge >= 0.3 is 5.97 Å². The lowest BCUT2D eigenvalue weighted by molar-refractivity contribution is -0.148. The number of carboxylic acid groups (broad SMARTS) is 1. The first-order chi connectivity index (χ1) is 10.2. The largest absolute Gasteiger partial charge is 0.481 e. The number of nitrogens with zero attached hydrogens (tertiary/aromatic N) is 4. The van der Waals surface area contributed by atoms with E-state index in [9.17, 15) is 9.90 Å². The smallest absolute Gasteiger partial charge is 0.310 e. The summed E-state index contributed by atoms with van der Waals surface area (Å²) >= 11 is 1.49. The van der Waals surface area contributed by atoms with Crippen LogP contribution in [0.4, 0.5) is 0 Å². The van der Waals surface area contributed by atoms with Crippen LogP contribution in [-0.4, -0.2) is 30.9 Å². The third-order valence-electron chi connectivity index (χ3n) is 5.03. The highest BCUT2D eigenvalue weighted by atomic mass is 32.1. The van der Waals surface area contributed by atoms with E-state index in [-0.39, 0.29) is 0 Å². The summed E-state index contributed by atoms with van der Waals surface area (Å²) in [6, 6.07) is 0. The summed E-state index contributed by atoms with van der Waals surface area (Å²) in [5.74, 6) is 0.759. The van der Waals surface area contributed by atoms with E-state index in [1.807, 2.05) is 4.52 Å². The first-order valence-electron chi connectivity index (χ1n) is 7.62. The normalized spacial score (nSPS) is 21.7. The molecule has 0 unspecified atom stereocenters. The van der Waals surface area contributed by atoms with Crippen molar-refractivity contribution >= 4 is 22.3 Å². The van der Waals surface area contributed by atoms with Crippen LogP contribution in [0.2, 0.25) is 0 Å². The van der Waals surface area contributed by atoms with E-state index in [0.717, 1.165) is 54.3 Å². The minimum Gasteiger partial charge on any atom is -0.481 e. The van der Waals surface area contributed by atoms with Crippen molar-refractivity contribution in [1.29, 1.82) is 0 Å². The number of aromatic nitrogens is 4. The maximum atomic E-state index is 11.7. The summed E-state index contributed by atoms with van der Waals surface area (Å²) < 4.78 is 1.84. The van der Waals surface area contributed by atoms with Crippen molar-refractivity contribution in [3.8, 4) is 0 Å². The van der Waals surface area contributed by atoms with Gasteiger partial charge in [-0.05, 0) is 25.7 Å². The Morgan fingerprint density at radius 1 is 1.29 bits per heavy atom. The van der Waals surface area contributed by atoms with Crippen molar-refractivity contribution in [2.24, 2.45) is 5.41 Å². The number of carboxylic acids is 1. The molecule has 7 heteroatoms. The van der Waals surface area contributed by atoms with E-state index in [1.54, 1.807) is 0 Å². The molecule has 21 heavy (non-hydrogen) atoms. The Labute approximate surface area is 126 Å². The summed E-state index contributed by atoms with van der Waals surface area (Å²) in [6.45, 7) is 0. The van der Waals surface area contributed by atoms with Crippen LogP contribution in [0.25, 0.3) is 4.96 Å². The number of carbonyl (C=O) groups is 1. The molecule has 2 fully saturated rings. The molecule has 0 aliphatic heterocycles. The van der Waals surface area contributed by atoms with Crippen LogP contribution in [0.15, 0.2) is 0 Å². The van der Waals surface area contributed by atoms with Gasteiger partial charge in [0.2, 0.25) is 4.96 Å². The highest BCUT2D eigenvalue weighted by Crippen LogP contribution is 2.42. The number of rotatable bonds is 4. The highest BCUT2D eigenvalue weighted by molar-refractivity contribution is 7.16. The van der Waals surface area contributed by atoms with Gasteiger partial charge < -0.3 is 5.11 Å². The fourth-order valence-corrected chi connectivity index (χ4v) is 4.46. The van der Waals surface area contributed by atoms with Crippen molar-refractivity contribution in [1.82, 2.24) is 19.8 Å². The quantitative estimate of drug-likeness (QED) is 0.939. The van der Waals surface area contributed by atoms with Crippen LogP contribution in [-0.2, 0) is 11.2 Å². The van der Waals surface area contributed by atoms with Crippen molar-refractivity contribution in [3.63, 3.8) is 0 Å². The predicted molar refractivity (Wildman–Crippen MR) is 77.5 cm³/mol. The third-order valence-corrected chi connectivity index (χ3v) is 5.93. The van der Waals surface area contributed by atoms with Crippen LogP contribution in [0.3, 0.4) is 0 Å². The zero-order valence-electron chi connectivity index (χ0n) is 11.8. The Kier molecular flexibility index (Phi) is 2.99. The van der Waals surface area contributed by atoms with E-state index >= 15 is 0 Å². The molecule has 2 aliphatic carbocycles. The third kappa shape index (κ3) is 2.06. The molecule has 2 aromatic heterocycles. The lowest BCUT2D eigenvalue weighted by Crippen LogP contribution is -2.30. The molecule has 1 N–H and O–H groups in total. The van der Waals surface area contributed by atoms with Crippen molar-refractivity contribution in [2.45, 2.75) is 57.3 Å². The topological polar surface area (TPSA) is 80.4 Å². The Balaban J connectivity index is 1.64. The Bertz CT molecular complexity index is 682. The monoisotopic (exact) mass is 306 g/mol. The van der Waals surface area contributed by atoms with Crippen molar-refractivity contribution in [2.75, 3.05) is 0 Å². The van der Waals surface area contributed by atoms with Gasteiger partial charge in [-0.1, -0.05) is 30.6 Å². The molecular weight excluding hydrogens is 288 g/mol. The average Bonchev–Trinajstić information content (AvgIpc) is 3.06. The molecule has 4 rings (SSSR count). The molecule has 0 radical (unpaired) electrons. The van der Waals surface area contributed by atoms with Crippen LogP contribution in [0.1, 0.15) is 61.7 Å². The van der Waals surface area contributed by atoms with Crippen LogP contribution < -0.4 is 0 Å². The average molecular weight is 306 g/mol. The van der Waals surface area contributed by atoms with E-state index in [1.165, 1.54) is 17.8 Å². The van der Waals surface area contributed by atoms with Gasteiger partial charge in [0.15, 0.2) is 5.82 Å². The van der Waals surface area contributed by atoms with Crippen molar-refractivity contribution in [3.05, 3.63) is 10.8 Å².